The normalized spacial score (nSPS) is 20.1. The lowest BCUT2D eigenvalue weighted by molar-refractivity contribution is -0.127. The Hall–Kier alpha value is -2.71. The van der Waals surface area contributed by atoms with E-state index in [1.807, 2.05) is 24.3 Å². The van der Waals surface area contributed by atoms with E-state index in [1.54, 1.807) is 0 Å². The molecule has 5 rings (SSSR count). The number of likely N-dealkylation sites (tertiary alicyclic amines) is 1. The Bertz CT molecular complexity index is 1170. The molecule has 2 atom stereocenters. The highest BCUT2D eigenvalue weighted by atomic mass is 79.9. The van der Waals surface area contributed by atoms with Crippen LogP contribution < -0.4 is 10.2 Å². The van der Waals surface area contributed by atoms with Gasteiger partial charge < -0.3 is 14.7 Å². The second-order valence-electron chi connectivity index (χ2n) is 10.6. The zero-order valence-corrected chi connectivity index (χ0v) is 23.3. The molecule has 7 nitrogen and oxygen atoms in total. The van der Waals surface area contributed by atoms with Crippen LogP contribution in [0, 0.1) is 11.8 Å². The van der Waals surface area contributed by atoms with E-state index in [1.165, 1.54) is 18.5 Å². The van der Waals surface area contributed by atoms with E-state index in [0.717, 1.165) is 54.0 Å². The highest BCUT2D eigenvalue weighted by molar-refractivity contribution is 9.10. The zero-order valence-electron chi connectivity index (χ0n) is 21.7. The van der Waals surface area contributed by atoms with Gasteiger partial charge in [-0.1, -0.05) is 40.1 Å². The van der Waals surface area contributed by atoms with E-state index in [9.17, 15) is 4.79 Å². The molecule has 2 unspecified atom stereocenters. The van der Waals surface area contributed by atoms with Crippen molar-refractivity contribution in [3.63, 3.8) is 0 Å². The van der Waals surface area contributed by atoms with Gasteiger partial charge in [0.2, 0.25) is 17.6 Å². The number of anilines is 1. The van der Waals surface area contributed by atoms with Crippen LogP contribution in [0.3, 0.4) is 0 Å². The molecule has 1 aromatic heterocycles. The lowest BCUT2D eigenvalue weighted by Crippen LogP contribution is -2.43. The quantitative estimate of drug-likeness (QED) is 0.388. The molecule has 196 valence electrons. The Kier molecular flexibility index (Phi) is 8.25. The van der Waals surface area contributed by atoms with Crippen LogP contribution in [0.15, 0.2) is 57.5 Å². The van der Waals surface area contributed by atoms with Gasteiger partial charge in [0.05, 0.1) is 18.5 Å². The number of benzene rings is 2. The summed E-state index contributed by atoms with van der Waals surface area (Å²) < 4.78 is 6.52. The number of aromatic nitrogens is 2. The van der Waals surface area contributed by atoms with E-state index in [0.29, 0.717) is 24.8 Å². The van der Waals surface area contributed by atoms with Gasteiger partial charge in [0.15, 0.2) is 0 Å². The number of amides is 1. The monoisotopic (exact) mass is 565 g/mol. The predicted octanol–water partition coefficient (Wildman–Crippen LogP) is 5.82. The number of piperidine rings is 2. The average molecular weight is 567 g/mol. The summed E-state index contributed by atoms with van der Waals surface area (Å²) in [5.41, 5.74) is 3.34. The minimum Gasteiger partial charge on any atom is -0.372 e. The van der Waals surface area contributed by atoms with Crippen molar-refractivity contribution in [2.75, 3.05) is 31.1 Å². The molecular weight excluding hydrogens is 530 g/mol. The molecule has 0 saturated carbocycles. The smallest absolute Gasteiger partial charge is 0.241 e. The molecular formula is C29H36BrN5O2. The molecule has 0 spiro atoms. The topological polar surface area (TPSA) is 74.5 Å². The maximum Gasteiger partial charge on any atom is 0.241 e. The standard InChI is InChI=1S/C29H36BrN5O2/c1-20-13-16-35(17-14-20)26-11-7-22(8-12-26)21(2)31-29(36)24-4-3-15-34(18-24)19-27-32-28(33-37-27)23-5-9-25(30)10-6-23/h5-12,20-21,24H,3-4,13-19H2,1-2H3,(H,31,36). The first-order valence-corrected chi connectivity index (χ1v) is 14.2. The molecule has 2 saturated heterocycles. The van der Waals surface area contributed by atoms with Gasteiger partial charge in [0.25, 0.3) is 0 Å². The Balaban J connectivity index is 1.13. The molecule has 2 aromatic carbocycles. The van der Waals surface area contributed by atoms with E-state index in [4.69, 9.17) is 4.52 Å². The van der Waals surface area contributed by atoms with Crippen LogP contribution >= 0.6 is 15.9 Å². The minimum atomic E-state index is -0.0420. The third-order valence-electron chi connectivity index (χ3n) is 7.71. The number of rotatable bonds is 7. The van der Waals surface area contributed by atoms with E-state index in [-0.39, 0.29) is 17.9 Å². The number of carbonyl (C=O) groups excluding carboxylic acids is 1. The summed E-state index contributed by atoms with van der Waals surface area (Å²) in [5.74, 6) is 2.06. The highest BCUT2D eigenvalue weighted by Crippen LogP contribution is 2.26. The first-order valence-electron chi connectivity index (χ1n) is 13.4. The van der Waals surface area contributed by atoms with Crippen LogP contribution in [0.1, 0.15) is 57.0 Å². The van der Waals surface area contributed by atoms with Crippen LogP contribution in [0.4, 0.5) is 5.69 Å². The van der Waals surface area contributed by atoms with Crippen LogP contribution in [0.5, 0.6) is 0 Å². The third kappa shape index (κ3) is 6.60. The second-order valence-corrected chi connectivity index (χ2v) is 11.5. The Morgan fingerprint density at radius 2 is 1.81 bits per heavy atom. The highest BCUT2D eigenvalue weighted by Gasteiger charge is 2.28. The molecule has 8 heteroatoms. The van der Waals surface area contributed by atoms with Gasteiger partial charge in [0.1, 0.15) is 0 Å². The third-order valence-corrected chi connectivity index (χ3v) is 8.23. The van der Waals surface area contributed by atoms with Gasteiger partial charge in [-0.15, -0.1) is 0 Å². The SMILES string of the molecule is CC1CCN(c2ccc(C(C)NC(=O)C3CCCN(Cc4nc(-c5ccc(Br)cc5)no4)C3)cc2)CC1. The molecule has 1 amide bonds. The summed E-state index contributed by atoms with van der Waals surface area (Å²) in [6, 6.07) is 16.5. The summed E-state index contributed by atoms with van der Waals surface area (Å²) in [6.07, 6.45) is 4.38. The first-order chi connectivity index (χ1) is 17.9. The molecule has 37 heavy (non-hydrogen) atoms. The van der Waals surface area contributed by atoms with Gasteiger partial charge in [-0.05, 0) is 87.0 Å². The lowest BCUT2D eigenvalue weighted by atomic mass is 9.96. The number of hydrogen-bond acceptors (Lipinski definition) is 6. The molecule has 0 radical (unpaired) electrons. The van der Waals surface area contributed by atoms with Crippen LogP contribution in [-0.2, 0) is 11.3 Å². The molecule has 3 aromatic rings. The molecule has 2 aliphatic heterocycles. The van der Waals surface area contributed by atoms with E-state index in [2.05, 4.69) is 79.3 Å². The van der Waals surface area contributed by atoms with Crippen LogP contribution in [0.25, 0.3) is 11.4 Å². The van der Waals surface area contributed by atoms with Crippen molar-refractivity contribution < 1.29 is 9.32 Å². The minimum absolute atomic E-state index is 0.0253. The molecule has 1 N–H and O–H groups in total. The predicted molar refractivity (Wildman–Crippen MR) is 149 cm³/mol. The molecule has 3 heterocycles. The average Bonchev–Trinajstić information content (AvgIpc) is 3.38. The molecule has 0 bridgehead atoms. The van der Waals surface area contributed by atoms with Gasteiger partial charge in [-0.3, -0.25) is 9.69 Å². The van der Waals surface area contributed by atoms with Crippen molar-refractivity contribution in [2.45, 2.75) is 52.1 Å². The molecule has 2 aliphatic rings. The number of carbonyl (C=O) groups is 1. The van der Waals surface area contributed by atoms with Crippen molar-refractivity contribution in [2.24, 2.45) is 11.8 Å². The maximum absolute atomic E-state index is 13.1. The van der Waals surface area contributed by atoms with Crippen molar-refractivity contribution >= 4 is 27.5 Å². The number of nitrogens with zero attached hydrogens (tertiary/aromatic N) is 4. The zero-order chi connectivity index (χ0) is 25.8. The summed E-state index contributed by atoms with van der Waals surface area (Å²) in [7, 11) is 0. The first kappa shape index (κ1) is 25.9. The maximum atomic E-state index is 13.1. The fourth-order valence-corrected chi connectivity index (χ4v) is 5.56. The second kappa shape index (κ2) is 11.8. The summed E-state index contributed by atoms with van der Waals surface area (Å²) in [6.45, 7) is 8.83. The van der Waals surface area contributed by atoms with Gasteiger partial charge >= 0.3 is 0 Å². The van der Waals surface area contributed by atoms with Crippen LogP contribution in [0.2, 0.25) is 0 Å². The van der Waals surface area contributed by atoms with Crippen molar-refractivity contribution in [3.8, 4) is 11.4 Å². The van der Waals surface area contributed by atoms with E-state index < -0.39 is 0 Å². The van der Waals surface area contributed by atoms with Crippen LogP contribution in [-0.4, -0.2) is 47.1 Å². The van der Waals surface area contributed by atoms with E-state index >= 15 is 0 Å². The summed E-state index contributed by atoms with van der Waals surface area (Å²) in [4.78, 5) is 22.4. The van der Waals surface area contributed by atoms with Crippen molar-refractivity contribution in [1.29, 1.82) is 0 Å². The number of nitrogens with one attached hydrogen (secondary N) is 1. The largest absolute Gasteiger partial charge is 0.372 e. The van der Waals surface area contributed by atoms with Gasteiger partial charge in [-0.2, -0.15) is 4.98 Å². The van der Waals surface area contributed by atoms with Crippen molar-refractivity contribution in [1.82, 2.24) is 20.4 Å². The number of halogens is 1. The molecule has 0 aliphatic carbocycles. The Morgan fingerprint density at radius 3 is 2.54 bits per heavy atom. The summed E-state index contributed by atoms with van der Waals surface area (Å²) >= 11 is 3.45. The Labute approximate surface area is 227 Å². The fraction of sp³-hybridized carbons (Fsp3) is 0.483. The fourth-order valence-electron chi connectivity index (χ4n) is 5.29. The number of hydrogen-bond donors (Lipinski definition) is 1. The van der Waals surface area contributed by atoms with Crippen molar-refractivity contribution in [3.05, 3.63) is 64.5 Å². The Morgan fingerprint density at radius 1 is 1.08 bits per heavy atom. The summed E-state index contributed by atoms with van der Waals surface area (Å²) in [5, 5.41) is 7.39. The van der Waals surface area contributed by atoms with Gasteiger partial charge in [-0.25, -0.2) is 0 Å². The van der Waals surface area contributed by atoms with Gasteiger partial charge in [0, 0.05) is 35.4 Å². The molecule has 2 fully saturated rings. The lowest BCUT2D eigenvalue weighted by Gasteiger charge is -2.32.